The van der Waals surface area contributed by atoms with Gasteiger partial charge in [-0.15, -0.1) is 0 Å². The number of hydrogen-bond donors (Lipinski definition) is 0. The molecule has 0 saturated carbocycles. The molecule has 0 aromatic heterocycles. The molecule has 1 aliphatic rings. The highest BCUT2D eigenvalue weighted by atomic mass is 28.4. The highest BCUT2D eigenvalue weighted by Gasteiger charge is 2.41. The van der Waals surface area contributed by atoms with Crippen LogP contribution in [0.4, 0.5) is 14.9 Å². The van der Waals surface area contributed by atoms with Gasteiger partial charge in [-0.1, -0.05) is 51.1 Å². The fourth-order valence-corrected chi connectivity index (χ4v) is 3.95. The van der Waals surface area contributed by atoms with Gasteiger partial charge in [-0.3, -0.25) is 4.90 Å². The fraction of sp³-hybridized carbons (Fsp3) is 0.435. The Morgan fingerprint density at radius 3 is 2.50 bits per heavy atom. The van der Waals surface area contributed by atoms with Crippen molar-refractivity contribution in [3.63, 3.8) is 0 Å². The molecular formula is C23H30FNO4Si. The Kier molecular flexibility index (Phi) is 6.52. The molecule has 0 radical (unpaired) electrons. The lowest BCUT2D eigenvalue weighted by Crippen LogP contribution is -2.46. The van der Waals surface area contributed by atoms with Crippen molar-refractivity contribution >= 4 is 20.1 Å². The van der Waals surface area contributed by atoms with Gasteiger partial charge in [0.2, 0.25) is 0 Å². The van der Waals surface area contributed by atoms with Crippen LogP contribution in [0.2, 0.25) is 18.1 Å². The fourth-order valence-electron chi connectivity index (χ4n) is 2.91. The third-order valence-electron chi connectivity index (χ3n) is 5.83. The lowest BCUT2D eigenvalue weighted by molar-refractivity contribution is 0.174. The predicted molar refractivity (Wildman–Crippen MR) is 118 cm³/mol. The van der Waals surface area contributed by atoms with Crippen molar-refractivity contribution < 1.29 is 23.1 Å². The normalized spacial score (nSPS) is 17.2. The molecule has 0 aliphatic carbocycles. The second-order valence-corrected chi connectivity index (χ2v) is 13.9. The molecule has 162 valence electrons. The number of anilines is 1. The van der Waals surface area contributed by atoms with Crippen molar-refractivity contribution in [1.82, 2.24) is 0 Å². The van der Waals surface area contributed by atoms with E-state index in [4.69, 9.17) is 13.9 Å². The zero-order chi connectivity index (χ0) is 21.9. The van der Waals surface area contributed by atoms with Crippen LogP contribution in [-0.2, 0) is 15.8 Å². The quantitative estimate of drug-likeness (QED) is 0.524. The third kappa shape index (κ3) is 5.02. The van der Waals surface area contributed by atoms with Gasteiger partial charge in [-0.05, 0) is 35.8 Å². The first-order chi connectivity index (χ1) is 14.1. The van der Waals surface area contributed by atoms with Gasteiger partial charge in [-0.25, -0.2) is 9.18 Å². The summed E-state index contributed by atoms with van der Waals surface area (Å²) >= 11 is 0. The van der Waals surface area contributed by atoms with E-state index in [0.717, 1.165) is 5.56 Å². The van der Waals surface area contributed by atoms with Crippen LogP contribution in [0.25, 0.3) is 0 Å². The van der Waals surface area contributed by atoms with Gasteiger partial charge < -0.3 is 13.9 Å². The van der Waals surface area contributed by atoms with Crippen molar-refractivity contribution in [2.24, 2.45) is 0 Å². The minimum absolute atomic E-state index is 0.0607. The zero-order valence-corrected chi connectivity index (χ0v) is 19.3. The zero-order valence-electron chi connectivity index (χ0n) is 18.3. The summed E-state index contributed by atoms with van der Waals surface area (Å²) in [5.41, 5.74) is 1.39. The number of hydrogen-bond acceptors (Lipinski definition) is 4. The number of nitrogens with zero attached hydrogens (tertiary/aromatic N) is 1. The first-order valence-electron chi connectivity index (χ1n) is 10.1. The molecule has 2 aromatic rings. The Hall–Kier alpha value is -2.38. The van der Waals surface area contributed by atoms with E-state index < -0.39 is 20.2 Å². The summed E-state index contributed by atoms with van der Waals surface area (Å²) in [6, 6.07) is 13.8. The van der Waals surface area contributed by atoms with Gasteiger partial charge in [-0.2, -0.15) is 0 Å². The molecule has 30 heavy (non-hydrogen) atoms. The monoisotopic (exact) mass is 431 g/mol. The third-order valence-corrected chi connectivity index (χ3v) is 10.3. The van der Waals surface area contributed by atoms with E-state index in [1.807, 2.05) is 30.3 Å². The smallest absolute Gasteiger partial charge is 0.414 e. The van der Waals surface area contributed by atoms with Crippen LogP contribution in [-0.4, -0.2) is 33.7 Å². The Bertz CT molecular complexity index is 883. The molecule has 7 heteroatoms. The summed E-state index contributed by atoms with van der Waals surface area (Å²) in [6.45, 7) is 11.7. The second-order valence-electron chi connectivity index (χ2n) is 9.06. The van der Waals surface area contributed by atoms with Crippen LogP contribution in [0.15, 0.2) is 48.5 Å². The Morgan fingerprint density at radius 1 is 1.17 bits per heavy atom. The first kappa shape index (κ1) is 22.3. The Labute approximate surface area is 178 Å². The molecule has 0 unspecified atom stereocenters. The maximum absolute atomic E-state index is 14.7. The molecule has 1 amide bonds. The maximum atomic E-state index is 14.7. The largest absolute Gasteiger partial charge is 0.486 e. The lowest BCUT2D eigenvalue weighted by atomic mass is 10.2. The van der Waals surface area contributed by atoms with Gasteiger partial charge in [0.05, 0.1) is 18.3 Å². The van der Waals surface area contributed by atoms with Gasteiger partial charge in [0.25, 0.3) is 0 Å². The van der Waals surface area contributed by atoms with E-state index in [0.29, 0.717) is 12.3 Å². The van der Waals surface area contributed by atoms with Crippen LogP contribution >= 0.6 is 0 Å². The highest BCUT2D eigenvalue weighted by Crippen LogP contribution is 2.37. The van der Waals surface area contributed by atoms with E-state index in [9.17, 15) is 9.18 Å². The molecule has 1 aliphatic heterocycles. The average molecular weight is 432 g/mol. The number of rotatable bonds is 7. The number of carbonyl (C=O) groups is 1. The SMILES string of the molecule is CC(C)(C)[Si](C)(C)OC[C@@H]1COC(=O)N1c1ccc(OCc2ccccc2)c(F)c1. The van der Waals surface area contributed by atoms with Crippen molar-refractivity contribution in [2.75, 3.05) is 18.1 Å². The second kappa shape index (κ2) is 8.77. The molecule has 1 fully saturated rings. The minimum Gasteiger partial charge on any atom is -0.486 e. The molecule has 0 spiro atoms. The molecule has 3 rings (SSSR count). The van der Waals surface area contributed by atoms with Crippen LogP contribution in [0.3, 0.4) is 0 Å². The van der Waals surface area contributed by atoms with Crippen molar-refractivity contribution in [2.45, 2.75) is 51.6 Å². The summed E-state index contributed by atoms with van der Waals surface area (Å²) in [6.07, 6.45) is -0.490. The molecule has 5 nitrogen and oxygen atoms in total. The summed E-state index contributed by atoms with van der Waals surface area (Å²) in [7, 11) is -1.98. The lowest BCUT2D eigenvalue weighted by Gasteiger charge is -2.37. The molecule has 1 atom stereocenters. The number of cyclic esters (lactones) is 1. The number of ether oxygens (including phenoxy) is 2. The summed E-state index contributed by atoms with van der Waals surface area (Å²) in [5.74, 6) is -0.378. The van der Waals surface area contributed by atoms with Gasteiger partial charge in [0.1, 0.15) is 13.2 Å². The van der Waals surface area contributed by atoms with Crippen LogP contribution < -0.4 is 9.64 Å². The molecular weight excluding hydrogens is 401 g/mol. The summed E-state index contributed by atoms with van der Waals surface area (Å²) in [4.78, 5) is 13.8. The Balaban J connectivity index is 1.70. The maximum Gasteiger partial charge on any atom is 0.414 e. The van der Waals surface area contributed by atoms with Crippen molar-refractivity contribution in [1.29, 1.82) is 0 Å². The molecule has 1 heterocycles. The van der Waals surface area contributed by atoms with E-state index in [2.05, 4.69) is 33.9 Å². The number of halogens is 1. The highest BCUT2D eigenvalue weighted by molar-refractivity contribution is 6.74. The van der Waals surface area contributed by atoms with Crippen molar-refractivity contribution in [3.05, 3.63) is 59.9 Å². The van der Waals surface area contributed by atoms with E-state index in [1.54, 1.807) is 12.1 Å². The predicted octanol–water partition coefficient (Wildman–Crippen LogP) is 5.75. The van der Waals surface area contributed by atoms with Crippen LogP contribution in [0.1, 0.15) is 26.3 Å². The standard InChI is InChI=1S/C23H30FNO4Si/c1-23(2,3)30(4,5)29-16-19-15-28-22(26)25(19)18-11-12-21(20(24)13-18)27-14-17-9-7-6-8-10-17/h6-13,19H,14-16H2,1-5H3/t19-/m0/s1. The van der Waals surface area contributed by atoms with E-state index in [1.165, 1.54) is 11.0 Å². The van der Waals surface area contributed by atoms with Gasteiger partial charge >= 0.3 is 6.09 Å². The van der Waals surface area contributed by atoms with Crippen LogP contribution in [0, 0.1) is 5.82 Å². The summed E-state index contributed by atoms with van der Waals surface area (Å²) < 4.78 is 31.8. The molecule has 2 aromatic carbocycles. The minimum atomic E-state index is -1.98. The molecule has 0 N–H and O–H groups in total. The topological polar surface area (TPSA) is 48.0 Å². The van der Waals surface area contributed by atoms with Crippen molar-refractivity contribution in [3.8, 4) is 5.75 Å². The average Bonchev–Trinajstić information content (AvgIpc) is 3.06. The van der Waals surface area contributed by atoms with Gasteiger partial charge in [0, 0.05) is 6.07 Å². The van der Waals surface area contributed by atoms with E-state index in [-0.39, 0.29) is 30.0 Å². The first-order valence-corrected chi connectivity index (χ1v) is 13.1. The summed E-state index contributed by atoms with van der Waals surface area (Å²) in [5, 5.41) is 0.0607. The molecule has 0 bridgehead atoms. The van der Waals surface area contributed by atoms with E-state index >= 15 is 0 Å². The number of amides is 1. The number of benzene rings is 2. The van der Waals surface area contributed by atoms with Gasteiger partial charge in [0.15, 0.2) is 19.9 Å². The van der Waals surface area contributed by atoms with Crippen LogP contribution in [0.5, 0.6) is 5.75 Å². The molecule has 1 saturated heterocycles. The Morgan fingerprint density at radius 2 is 1.87 bits per heavy atom. The number of carbonyl (C=O) groups excluding carboxylic acids is 1.